The second kappa shape index (κ2) is 3.29. The molecule has 5 nitrogen and oxygen atoms in total. The van der Waals surface area contributed by atoms with Gasteiger partial charge in [-0.1, -0.05) is 0 Å². The molecule has 0 aromatic carbocycles. The fraction of sp³-hybridized carbons (Fsp3) is 0. The molecule has 1 amide bonds. The smallest absolute Gasteiger partial charge is 0.250 e. The number of rotatable bonds is 2. The molecule has 0 saturated heterocycles. The SMILES string of the molecule is NC(=O)c1cccnc1-c1cc[nH]n1. The molecule has 0 saturated carbocycles. The van der Waals surface area contributed by atoms with Crippen LogP contribution in [0.2, 0.25) is 0 Å². The molecule has 0 unspecified atom stereocenters. The normalized spacial score (nSPS) is 10.0. The third kappa shape index (κ3) is 1.35. The Morgan fingerprint density at radius 1 is 1.43 bits per heavy atom. The van der Waals surface area contributed by atoms with Crippen LogP contribution in [0.15, 0.2) is 30.6 Å². The molecule has 5 heteroatoms. The van der Waals surface area contributed by atoms with Crippen LogP contribution < -0.4 is 5.73 Å². The van der Waals surface area contributed by atoms with E-state index in [1.165, 1.54) is 0 Å². The summed E-state index contributed by atoms with van der Waals surface area (Å²) in [6.45, 7) is 0. The first-order valence-electron chi connectivity index (χ1n) is 4.04. The van der Waals surface area contributed by atoms with Gasteiger partial charge in [0.05, 0.1) is 5.56 Å². The first kappa shape index (κ1) is 8.43. The second-order valence-corrected chi connectivity index (χ2v) is 2.72. The topological polar surface area (TPSA) is 84.7 Å². The molecule has 0 atom stereocenters. The average molecular weight is 188 g/mol. The standard InChI is InChI=1S/C9H8N4O/c10-9(14)6-2-1-4-11-8(6)7-3-5-12-13-7/h1-5H,(H2,10,14)(H,12,13). The van der Waals surface area contributed by atoms with E-state index in [2.05, 4.69) is 15.2 Å². The van der Waals surface area contributed by atoms with E-state index in [1.807, 2.05) is 0 Å². The fourth-order valence-corrected chi connectivity index (χ4v) is 1.20. The van der Waals surface area contributed by atoms with Gasteiger partial charge < -0.3 is 5.73 Å². The molecule has 2 heterocycles. The average Bonchev–Trinajstić information content (AvgIpc) is 2.70. The molecule has 0 aliphatic rings. The van der Waals surface area contributed by atoms with Crippen molar-refractivity contribution in [2.24, 2.45) is 5.73 Å². The summed E-state index contributed by atoms with van der Waals surface area (Å²) in [6.07, 6.45) is 3.26. The monoisotopic (exact) mass is 188 g/mol. The summed E-state index contributed by atoms with van der Waals surface area (Å²) >= 11 is 0. The van der Waals surface area contributed by atoms with Crippen LogP contribution in [0, 0.1) is 0 Å². The first-order valence-corrected chi connectivity index (χ1v) is 4.04. The van der Waals surface area contributed by atoms with Gasteiger partial charge in [-0.15, -0.1) is 0 Å². The van der Waals surface area contributed by atoms with Crippen molar-refractivity contribution in [3.63, 3.8) is 0 Å². The Kier molecular flexibility index (Phi) is 1.98. The maximum Gasteiger partial charge on any atom is 0.250 e. The number of amides is 1. The van der Waals surface area contributed by atoms with Gasteiger partial charge in [0.2, 0.25) is 0 Å². The fourth-order valence-electron chi connectivity index (χ4n) is 1.20. The minimum Gasteiger partial charge on any atom is -0.366 e. The minimum absolute atomic E-state index is 0.375. The van der Waals surface area contributed by atoms with E-state index < -0.39 is 5.91 Å². The predicted octanol–water partition coefficient (Wildman–Crippen LogP) is 0.571. The summed E-state index contributed by atoms with van der Waals surface area (Å²) < 4.78 is 0. The summed E-state index contributed by atoms with van der Waals surface area (Å²) in [6, 6.07) is 5.02. The number of H-pyrrole nitrogens is 1. The van der Waals surface area contributed by atoms with Crippen LogP contribution in [0.25, 0.3) is 11.4 Å². The lowest BCUT2D eigenvalue weighted by Gasteiger charge is -2.00. The number of aromatic nitrogens is 3. The zero-order chi connectivity index (χ0) is 9.97. The number of primary amides is 1. The Balaban J connectivity index is 2.58. The molecular formula is C9H8N4O. The summed E-state index contributed by atoms with van der Waals surface area (Å²) in [5.74, 6) is -0.504. The van der Waals surface area contributed by atoms with E-state index in [0.29, 0.717) is 17.0 Å². The predicted molar refractivity (Wildman–Crippen MR) is 50.3 cm³/mol. The largest absolute Gasteiger partial charge is 0.366 e. The van der Waals surface area contributed by atoms with E-state index in [9.17, 15) is 4.79 Å². The summed E-state index contributed by atoms with van der Waals surface area (Å²) in [5, 5.41) is 6.59. The highest BCUT2D eigenvalue weighted by Gasteiger charge is 2.11. The van der Waals surface area contributed by atoms with Crippen molar-refractivity contribution in [1.82, 2.24) is 15.2 Å². The molecule has 14 heavy (non-hydrogen) atoms. The van der Waals surface area contributed by atoms with Crippen LogP contribution in [-0.4, -0.2) is 21.1 Å². The van der Waals surface area contributed by atoms with E-state index in [4.69, 9.17) is 5.73 Å². The molecule has 2 aromatic rings. The number of nitrogens with zero attached hydrogens (tertiary/aromatic N) is 2. The van der Waals surface area contributed by atoms with Crippen molar-refractivity contribution in [3.8, 4) is 11.4 Å². The molecule has 2 aromatic heterocycles. The number of hydrogen-bond donors (Lipinski definition) is 2. The van der Waals surface area contributed by atoms with Crippen molar-refractivity contribution in [1.29, 1.82) is 0 Å². The Hall–Kier alpha value is -2.17. The molecule has 0 bridgehead atoms. The molecule has 0 fully saturated rings. The van der Waals surface area contributed by atoms with Crippen LogP contribution >= 0.6 is 0 Å². The third-order valence-electron chi connectivity index (χ3n) is 1.82. The van der Waals surface area contributed by atoms with Gasteiger partial charge in [0.1, 0.15) is 11.4 Å². The Morgan fingerprint density at radius 3 is 2.93 bits per heavy atom. The van der Waals surface area contributed by atoms with Crippen molar-refractivity contribution in [3.05, 3.63) is 36.2 Å². The minimum atomic E-state index is -0.504. The zero-order valence-corrected chi connectivity index (χ0v) is 7.27. The van der Waals surface area contributed by atoms with E-state index >= 15 is 0 Å². The number of carbonyl (C=O) groups excluding carboxylic acids is 1. The van der Waals surface area contributed by atoms with Crippen molar-refractivity contribution in [2.45, 2.75) is 0 Å². The van der Waals surface area contributed by atoms with Crippen LogP contribution in [-0.2, 0) is 0 Å². The Bertz CT molecular complexity index is 450. The van der Waals surface area contributed by atoms with Crippen molar-refractivity contribution < 1.29 is 4.79 Å². The highest BCUT2D eigenvalue weighted by molar-refractivity contribution is 5.98. The summed E-state index contributed by atoms with van der Waals surface area (Å²) in [7, 11) is 0. The molecule has 70 valence electrons. The first-order chi connectivity index (χ1) is 6.79. The van der Waals surface area contributed by atoms with Gasteiger partial charge in [-0.25, -0.2) is 0 Å². The Labute approximate surface area is 80.0 Å². The lowest BCUT2D eigenvalue weighted by atomic mass is 10.1. The highest BCUT2D eigenvalue weighted by Crippen LogP contribution is 2.17. The van der Waals surface area contributed by atoms with Gasteiger partial charge in [0.25, 0.3) is 5.91 Å². The Morgan fingerprint density at radius 2 is 2.29 bits per heavy atom. The number of hydrogen-bond acceptors (Lipinski definition) is 3. The van der Waals surface area contributed by atoms with Crippen LogP contribution in [0.1, 0.15) is 10.4 Å². The third-order valence-corrected chi connectivity index (χ3v) is 1.82. The summed E-state index contributed by atoms with van der Waals surface area (Å²) in [4.78, 5) is 15.1. The highest BCUT2D eigenvalue weighted by atomic mass is 16.1. The van der Waals surface area contributed by atoms with Gasteiger partial charge >= 0.3 is 0 Å². The maximum atomic E-state index is 11.1. The quantitative estimate of drug-likeness (QED) is 0.722. The lowest BCUT2D eigenvalue weighted by molar-refractivity contribution is 0.100. The van der Waals surface area contributed by atoms with Gasteiger partial charge in [-0.05, 0) is 18.2 Å². The van der Waals surface area contributed by atoms with Crippen molar-refractivity contribution >= 4 is 5.91 Å². The second-order valence-electron chi connectivity index (χ2n) is 2.72. The zero-order valence-electron chi connectivity index (χ0n) is 7.27. The summed E-state index contributed by atoms with van der Waals surface area (Å²) in [5.41, 5.74) is 6.69. The van der Waals surface area contributed by atoms with Gasteiger partial charge in [0, 0.05) is 12.4 Å². The van der Waals surface area contributed by atoms with Gasteiger partial charge in [-0.2, -0.15) is 5.10 Å². The molecule has 3 N–H and O–H groups in total. The molecule has 2 rings (SSSR count). The molecular weight excluding hydrogens is 180 g/mol. The number of pyridine rings is 1. The number of nitrogens with one attached hydrogen (secondary N) is 1. The number of carbonyl (C=O) groups is 1. The van der Waals surface area contributed by atoms with E-state index in [-0.39, 0.29) is 0 Å². The van der Waals surface area contributed by atoms with Crippen LogP contribution in [0.4, 0.5) is 0 Å². The van der Waals surface area contributed by atoms with Crippen LogP contribution in [0.3, 0.4) is 0 Å². The molecule has 0 spiro atoms. The molecule has 0 aliphatic heterocycles. The molecule has 0 aliphatic carbocycles. The molecule has 0 radical (unpaired) electrons. The van der Waals surface area contributed by atoms with Gasteiger partial charge in [-0.3, -0.25) is 14.9 Å². The van der Waals surface area contributed by atoms with Crippen molar-refractivity contribution in [2.75, 3.05) is 0 Å². The van der Waals surface area contributed by atoms with Gasteiger partial charge in [0.15, 0.2) is 0 Å². The number of aromatic amines is 1. The van der Waals surface area contributed by atoms with E-state index in [1.54, 1.807) is 30.6 Å². The van der Waals surface area contributed by atoms with Crippen LogP contribution in [0.5, 0.6) is 0 Å². The lowest BCUT2D eigenvalue weighted by Crippen LogP contribution is -2.13. The number of nitrogens with two attached hydrogens (primary N) is 1. The maximum absolute atomic E-state index is 11.1. The van der Waals surface area contributed by atoms with E-state index in [0.717, 1.165) is 0 Å².